The fourth-order valence-corrected chi connectivity index (χ4v) is 2.89. The van der Waals surface area contributed by atoms with E-state index in [0.29, 0.717) is 11.8 Å². The van der Waals surface area contributed by atoms with Gasteiger partial charge in [0.05, 0.1) is 7.11 Å². The minimum absolute atomic E-state index is 0.0582. The second kappa shape index (κ2) is 7.91. The van der Waals surface area contributed by atoms with Crippen LogP contribution in [0.15, 0.2) is 43.0 Å². The summed E-state index contributed by atoms with van der Waals surface area (Å²) in [6.45, 7) is 8.25. The molecule has 0 aromatic heterocycles. The second-order valence-corrected chi connectivity index (χ2v) is 6.47. The van der Waals surface area contributed by atoms with E-state index in [1.54, 1.807) is 25.3 Å². The monoisotopic (exact) mass is 326 g/mol. The molecular weight excluding hydrogens is 300 g/mol. The number of hydrogen-bond acceptors (Lipinski definition) is 3. The molecule has 2 rings (SSSR count). The summed E-state index contributed by atoms with van der Waals surface area (Å²) in [6, 6.07) is 11.3. The van der Waals surface area contributed by atoms with Crippen LogP contribution in [0.2, 0.25) is 0 Å². The molecule has 0 radical (unpaired) electrons. The van der Waals surface area contributed by atoms with Crippen LogP contribution in [0.1, 0.15) is 30.5 Å². The van der Waals surface area contributed by atoms with Crippen molar-refractivity contribution in [3.05, 3.63) is 59.7 Å². The van der Waals surface area contributed by atoms with Crippen molar-refractivity contribution in [2.24, 2.45) is 11.8 Å². The van der Waals surface area contributed by atoms with E-state index in [2.05, 4.69) is 32.6 Å². The average Bonchev–Trinajstić information content (AvgIpc) is 2.57. The fourth-order valence-electron chi connectivity index (χ4n) is 2.89. The number of methoxy groups -OCH3 is 1. The van der Waals surface area contributed by atoms with E-state index < -0.39 is 0 Å². The van der Waals surface area contributed by atoms with E-state index in [9.17, 15) is 10.2 Å². The summed E-state index contributed by atoms with van der Waals surface area (Å²) in [6.07, 6.45) is 3.61. The maximum atomic E-state index is 9.62. The lowest BCUT2D eigenvalue weighted by atomic mass is 9.85. The van der Waals surface area contributed by atoms with Gasteiger partial charge in [-0.2, -0.15) is 0 Å². The van der Waals surface area contributed by atoms with Gasteiger partial charge >= 0.3 is 0 Å². The van der Waals surface area contributed by atoms with Crippen molar-refractivity contribution in [1.82, 2.24) is 0 Å². The third kappa shape index (κ3) is 4.31. The molecule has 0 aliphatic heterocycles. The van der Waals surface area contributed by atoms with Crippen molar-refractivity contribution in [3.8, 4) is 17.2 Å². The quantitative estimate of drug-likeness (QED) is 0.718. The van der Waals surface area contributed by atoms with Gasteiger partial charge in [0, 0.05) is 5.56 Å². The first kappa shape index (κ1) is 17.9. The topological polar surface area (TPSA) is 49.7 Å². The van der Waals surface area contributed by atoms with Crippen molar-refractivity contribution in [1.29, 1.82) is 0 Å². The van der Waals surface area contributed by atoms with Crippen molar-refractivity contribution >= 4 is 6.08 Å². The number of benzene rings is 2. The summed E-state index contributed by atoms with van der Waals surface area (Å²) in [5.74, 6) is 1.64. The van der Waals surface area contributed by atoms with Gasteiger partial charge in [-0.1, -0.05) is 44.7 Å². The predicted molar refractivity (Wildman–Crippen MR) is 98.6 cm³/mol. The average molecular weight is 326 g/mol. The highest BCUT2D eigenvalue weighted by Crippen LogP contribution is 2.29. The number of ether oxygens (including phenoxy) is 1. The first-order chi connectivity index (χ1) is 11.4. The van der Waals surface area contributed by atoms with Gasteiger partial charge in [0.1, 0.15) is 5.75 Å². The Morgan fingerprint density at radius 1 is 0.958 bits per heavy atom. The Balaban J connectivity index is 2.04. The zero-order chi connectivity index (χ0) is 17.7. The number of rotatable bonds is 7. The van der Waals surface area contributed by atoms with Crippen LogP contribution in [0, 0.1) is 11.8 Å². The molecule has 2 atom stereocenters. The Bertz CT molecular complexity index is 706. The molecule has 3 heteroatoms. The summed E-state index contributed by atoms with van der Waals surface area (Å²) >= 11 is 0. The first-order valence-corrected chi connectivity index (χ1v) is 8.24. The molecule has 2 unspecified atom stereocenters. The van der Waals surface area contributed by atoms with Gasteiger partial charge < -0.3 is 14.9 Å². The number of hydrogen-bond donors (Lipinski definition) is 2. The van der Waals surface area contributed by atoms with E-state index in [1.165, 1.54) is 5.56 Å². The Morgan fingerprint density at radius 3 is 2.08 bits per heavy atom. The lowest BCUT2D eigenvalue weighted by molar-refractivity contribution is 0.378. The van der Waals surface area contributed by atoms with Gasteiger partial charge in [0.25, 0.3) is 0 Å². The minimum atomic E-state index is -0.0751. The van der Waals surface area contributed by atoms with E-state index in [-0.39, 0.29) is 11.5 Å². The van der Waals surface area contributed by atoms with Crippen LogP contribution >= 0.6 is 0 Å². The van der Waals surface area contributed by atoms with Crippen molar-refractivity contribution < 1.29 is 14.9 Å². The summed E-state index contributed by atoms with van der Waals surface area (Å²) in [4.78, 5) is 0. The molecule has 128 valence electrons. The largest absolute Gasteiger partial charge is 0.504 e. The maximum Gasteiger partial charge on any atom is 0.157 e. The standard InChI is InChI=1S/C21H26O3/c1-5-18-8-6-17(13-21(18)24-4)11-15(3)14(2)10-16-7-9-19(22)20(23)12-16/h5-9,12-15,22-23H,1,10-11H2,2-4H3. The van der Waals surface area contributed by atoms with Gasteiger partial charge in [-0.05, 0) is 54.0 Å². The third-order valence-corrected chi connectivity index (χ3v) is 4.64. The van der Waals surface area contributed by atoms with Gasteiger partial charge in [0.15, 0.2) is 11.5 Å². The number of aromatic hydroxyl groups is 2. The first-order valence-electron chi connectivity index (χ1n) is 8.24. The normalized spacial score (nSPS) is 13.3. The van der Waals surface area contributed by atoms with Gasteiger partial charge in [-0.15, -0.1) is 0 Å². The van der Waals surface area contributed by atoms with Gasteiger partial charge in [-0.3, -0.25) is 0 Å². The molecule has 2 aromatic rings. The van der Waals surface area contributed by atoms with Crippen LogP contribution in [0.25, 0.3) is 6.08 Å². The molecule has 3 nitrogen and oxygen atoms in total. The summed E-state index contributed by atoms with van der Waals surface area (Å²) in [7, 11) is 1.68. The molecule has 0 heterocycles. The molecule has 0 spiro atoms. The maximum absolute atomic E-state index is 9.62. The number of phenolic OH excluding ortho intramolecular Hbond substituents is 2. The Morgan fingerprint density at radius 2 is 1.54 bits per heavy atom. The summed E-state index contributed by atoms with van der Waals surface area (Å²) < 4.78 is 5.42. The molecular formula is C21H26O3. The van der Waals surface area contributed by atoms with Crippen LogP contribution in [0.5, 0.6) is 17.2 Å². The zero-order valence-electron chi connectivity index (χ0n) is 14.6. The van der Waals surface area contributed by atoms with E-state index in [1.807, 2.05) is 12.1 Å². The molecule has 0 saturated heterocycles. The highest BCUT2D eigenvalue weighted by Gasteiger charge is 2.15. The van der Waals surface area contributed by atoms with E-state index in [4.69, 9.17) is 4.74 Å². The molecule has 0 saturated carbocycles. The molecule has 0 aliphatic rings. The lowest BCUT2D eigenvalue weighted by Crippen LogP contribution is -2.13. The molecule has 2 aromatic carbocycles. The Hall–Kier alpha value is -2.42. The van der Waals surface area contributed by atoms with Crippen LogP contribution in [-0.4, -0.2) is 17.3 Å². The van der Waals surface area contributed by atoms with Gasteiger partial charge in [0.2, 0.25) is 0 Å². The number of phenols is 2. The fraction of sp³-hybridized carbons (Fsp3) is 0.333. The van der Waals surface area contributed by atoms with Crippen molar-refractivity contribution in [3.63, 3.8) is 0 Å². The third-order valence-electron chi connectivity index (χ3n) is 4.64. The Kier molecular flexibility index (Phi) is 5.91. The molecule has 24 heavy (non-hydrogen) atoms. The van der Waals surface area contributed by atoms with E-state index in [0.717, 1.165) is 29.7 Å². The molecule has 0 amide bonds. The van der Waals surface area contributed by atoms with Crippen LogP contribution in [0.4, 0.5) is 0 Å². The predicted octanol–water partition coefficient (Wildman–Crippen LogP) is 4.81. The van der Waals surface area contributed by atoms with Crippen LogP contribution < -0.4 is 4.74 Å². The molecule has 2 N–H and O–H groups in total. The molecule has 0 fully saturated rings. The zero-order valence-corrected chi connectivity index (χ0v) is 14.6. The van der Waals surface area contributed by atoms with Crippen LogP contribution in [-0.2, 0) is 12.8 Å². The summed E-state index contributed by atoms with van der Waals surface area (Å²) in [5.41, 5.74) is 3.27. The van der Waals surface area contributed by atoms with Crippen molar-refractivity contribution in [2.45, 2.75) is 26.7 Å². The SMILES string of the molecule is C=Cc1ccc(CC(C)C(C)Cc2ccc(O)c(O)c2)cc1OC. The Labute approximate surface area is 144 Å². The molecule has 0 bridgehead atoms. The highest BCUT2D eigenvalue weighted by molar-refractivity contribution is 5.56. The minimum Gasteiger partial charge on any atom is -0.504 e. The van der Waals surface area contributed by atoms with Crippen molar-refractivity contribution in [2.75, 3.05) is 7.11 Å². The second-order valence-electron chi connectivity index (χ2n) is 6.47. The van der Waals surface area contributed by atoms with Crippen LogP contribution in [0.3, 0.4) is 0 Å². The molecule has 0 aliphatic carbocycles. The summed E-state index contributed by atoms with van der Waals surface area (Å²) in [5, 5.41) is 19.0. The van der Waals surface area contributed by atoms with E-state index >= 15 is 0 Å². The van der Waals surface area contributed by atoms with Gasteiger partial charge in [-0.25, -0.2) is 0 Å². The highest BCUT2D eigenvalue weighted by atomic mass is 16.5. The lowest BCUT2D eigenvalue weighted by Gasteiger charge is -2.21. The smallest absolute Gasteiger partial charge is 0.157 e.